The molecule has 1 atom stereocenters. The number of ether oxygens (including phenoxy) is 1. The lowest BCUT2D eigenvalue weighted by Crippen LogP contribution is -2.51. The number of hydrogen-bond donors (Lipinski definition) is 2. The van der Waals surface area contributed by atoms with E-state index in [0.29, 0.717) is 36.6 Å². The highest BCUT2D eigenvalue weighted by atomic mass is 35.5. The average Bonchev–Trinajstić information content (AvgIpc) is 2.98. The molecule has 0 spiro atoms. The minimum atomic E-state index is -0.493. The number of halogens is 1. The van der Waals surface area contributed by atoms with Gasteiger partial charge in [-0.15, -0.1) is 0 Å². The summed E-state index contributed by atoms with van der Waals surface area (Å²) in [5.41, 5.74) is -0.202. The van der Waals surface area contributed by atoms with Crippen molar-refractivity contribution in [1.29, 1.82) is 0 Å². The summed E-state index contributed by atoms with van der Waals surface area (Å²) < 4.78 is 5.67. The second-order valence-electron chi connectivity index (χ2n) is 5.48. The maximum Gasteiger partial charge on any atom is 0.273 e. The number of nitrogens with zero attached hydrogens (tertiary/aromatic N) is 2. The Balaban J connectivity index is 2.07. The van der Waals surface area contributed by atoms with Crippen LogP contribution < -0.4 is 5.32 Å². The number of carbonyl (C=O) groups is 2. The fourth-order valence-corrected chi connectivity index (χ4v) is 2.96. The number of aromatic nitrogens is 2. The molecule has 1 aliphatic heterocycles. The van der Waals surface area contributed by atoms with Gasteiger partial charge in [-0.3, -0.25) is 14.7 Å². The number of carbonyl (C=O) groups excluding carboxylic acids is 2. The second kappa shape index (κ2) is 7.11. The van der Waals surface area contributed by atoms with E-state index in [0.717, 1.165) is 12.8 Å². The van der Waals surface area contributed by atoms with Crippen molar-refractivity contribution < 1.29 is 14.3 Å². The number of methoxy groups -OCH3 is 1. The number of H-pyrrole nitrogens is 1. The number of nitrogens with one attached hydrogen (secondary N) is 2. The number of aromatic amines is 1. The minimum absolute atomic E-state index is 0.0310. The Morgan fingerprint density at radius 1 is 1.59 bits per heavy atom. The molecule has 2 N–H and O–H groups in total. The zero-order valence-corrected chi connectivity index (χ0v) is 13.6. The fraction of sp³-hybridized carbons (Fsp3) is 0.643. The summed E-state index contributed by atoms with van der Waals surface area (Å²) in [4.78, 5) is 25.7. The van der Waals surface area contributed by atoms with Gasteiger partial charge in [0.05, 0.1) is 23.4 Å². The van der Waals surface area contributed by atoms with Gasteiger partial charge in [0.15, 0.2) is 0 Å². The molecule has 0 bridgehead atoms. The van der Waals surface area contributed by atoms with Crippen molar-refractivity contribution in [2.24, 2.45) is 0 Å². The molecular formula is C14H21ClN4O3. The van der Waals surface area contributed by atoms with Crippen molar-refractivity contribution in [3.63, 3.8) is 0 Å². The van der Waals surface area contributed by atoms with E-state index in [9.17, 15) is 9.59 Å². The van der Waals surface area contributed by atoms with Crippen LogP contribution in [0.25, 0.3) is 0 Å². The van der Waals surface area contributed by atoms with Crippen molar-refractivity contribution in [3.05, 3.63) is 16.9 Å². The number of likely N-dealkylation sites (tertiary alicyclic amines) is 1. The molecule has 1 fully saturated rings. The third kappa shape index (κ3) is 3.59. The first-order valence-electron chi connectivity index (χ1n) is 7.25. The van der Waals surface area contributed by atoms with E-state index in [1.807, 2.05) is 0 Å². The highest BCUT2D eigenvalue weighted by molar-refractivity contribution is 6.33. The molecule has 8 heteroatoms. The van der Waals surface area contributed by atoms with Crippen LogP contribution in [0.15, 0.2) is 6.20 Å². The summed E-state index contributed by atoms with van der Waals surface area (Å²) in [5.74, 6) is -0.222. The topological polar surface area (TPSA) is 87.3 Å². The predicted molar refractivity (Wildman–Crippen MR) is 81.8 cm³/mol. The lowest BCUT2D eigenvalue weighted by molar-refractivity contribution is -0.123. The minimum Gasteiger partial charge on any atom is -0.376 e. The van der Waals surface area contributed by atoms with Crippen LogP contribution >= 0.6 is 11.6 Å². The average molecular weight is 329 g/mol. The first kappa shape index (κ1) is 16.8. The highest BCUT2D eigenvalue weighted by Gasteiger charge is 2.38. The molecule has 1 unspecified atom stereocenters. The van der Waals surface area contributed by atoms with Crippen LogP contribution in [0.2, 0.25) is 5.02 Å². The van der Waals surface area contributed by atoms with Crippen molar-refractivity contribution >= 4 is 23.4 Å². The Labute approximate surface area is 134 Å². The van der Waals surface area contributed by atoms with Crippen LogP contribution in [-0.2, 0) is 9.53 Å². The predicted octanol–water partition coefficient (Wildman–Crippen LogP) is 1.21. The Morgan fingerprint density at radius 2 is 2.36 bits per heavy atom. The van der Waals surface area contributed by atoms with Gasteiger partial charge < -0.3 is 15.0 Å². The standard InChI is InChI=1S/C14H21ClN4O3/c1-16-11(20)4-6-14(22-2)5-3-7-19(9-14)13(21)12-10(15)8-17-18-12/h8H,3-7,9H2,1-2H3,(H,16,20)(H,17,18). The van der Waals surface area contributed by atoms with Crippen molar-refractivity contribution in [2.45, 2.75) is 31.3 Å². The molecule has 0 radical (unpaired) electrons. The molecule has 22 heavy (non-hydrogen) atoms. The van der Waals surface area contributed by atoms with E-state index in [-0.39, 0.29) is 11.8 Å². The molecule has 0 aromatic carbocycles. The quantitative estimate of drug-likeness (QED) is 0.850. The number of piperidine rings is 1. The van der Waals surface area contributed by atoms with Gasteiger partial charge in [-0.05, 0) is 19.3 Å². The molecule has 2 rings (SSSR count). The van der Waals surface area contributed by atoms with E-state index < -0.39 is 5.60 Å². The Hall–Kier alpha value is -1.60. The lowest BCUT2D eigenvalue weighted by Gasteiger charge is -2.41. The number of hydrogen-bond acceptors (Lipinski definition) is 4. The summed E-state index contributed by atoms with van der Waals surface area (Å²) in [5, 5.41) is 9.32. The summed E-state index contributed by atoms with van der Waals surface area (Å²) in [7, 11) is 3.24. The molecule has 7 nitrogen and oxygen atoms in total. The maximum atomic E-state index is 12.5. The normalized spacial score (nSPS) is 21.7. The van der Waals surface area contributed by atoms with Crippen molar-refractivity contribution in [1.82, 2.24) is 20.4 Å². The Morgan fingerprint density at radius 3 is 2.95 bits per heavy atom. The lowest BCUT2D eigenvalue weighted by atomic mass is 9.87. The van der Waals surface area contributed by atoms with Crippen LogP contribution in [0.1, 0.15) is 36.2 Å². The van der Waals surface area contributed by atoms with Crippen LogP contribution in [0.5, 0.6) is 0 Å². The molecule has 2 heterocycles. The van der Waals surface area contributed by atoms with E-state index in [1.54, 1.807) is 19.1 Å². The molecule has 1 aliphatic rings. The van der Waals surface area contributed by atoms with Crippen LogP contribution in [0.4, 0.5) is 0 Å². The van der Waals surface area contributed by atoms with Crippen LogP contribution in [0.3, 0.4) is 0 Å². The first-order chi connectivity index (χ1) is 10.5. The summed E-state index contributed by atoms with van der Waals surface area (Å²) in [6, 6.07) is 0. The Bertz CT molecular complexity index is 548. The van der Waals surface area contributed by atoms with E-state index >= 15 is 0 Å². The highest BCUT2D eigenvalue weighted by Crippen LogP contribution is 2.30. The van der Waals surface area contributed by atoms with Crippen molar-refractivity contribution in [2.75, 3.05) is 27.2 Å². The van der Waals surface area contributed by atoms with Crippen LogP contribution in [0, 0.1) is 0 Å². The van der Waals surface area contributed by atoms with Gasteiger partial charge in [0.2, 0.25) is 5.91 Å². The first-order valence-corrected chi connectivity index (χ1v) is 7.63. The van der Waals surface area contributed by atoms with Gasteiger partial charge in [-0.1, -0.05) is 11.6 Å². The van der Waals surface area contributed by atoms with Crippen LogP contribution in [-0.4, -0.2) is 59.8 Å². The van der Waals surface area contributed by atoms with Crippen molar-refractivity contribution in [3.8, 4) is 0 Å². The molecule has 0 saturated carbocycles. The Kier molecular flexibility index (Phi) is 5.42. The summed E-state index contributed by atoms with van der Waals surface area (Å²) in [6.45, 7) is 1.08. The summed E-state index contributed by atoms with van der Waals surface area (Å²) in [6.07, 6.45) is 3.99. The van der Waals surface area contributed by atoms with E-state index in [2.05, 4.69) is 15.5 Å². The monoisotopic (exact) mass is 328 g/mol. The van der Waals surface area contributed by atoms with Gasteiger partial charge in [-0.25, -0.2) is 0 Å². The van der Waals surface area contributed by atoms with Gasteiger partial charge in [0, 0.05) is 27.1 Å². The maximum absolute atomic E-state index is 12.5. The largest absolute Gasteiger partial charge is 0.376 e. The SMILES string of the molecule is CNC(=O)CCC1(OC)CCCN(C(=O)c2[nH]ncc2Cl)C1. The molecule has 1 saturated heterocycles. The molecular weight excluding hydrogens is 308 g/mol. The molecule has 1 aromatic heterocycles. The number of rotatable bonds is 5. The smallest absolute Gasteiger partial charge is 0.273 e. The van der Waals surface area contributed by atoms with E-state index in [4.69, 9.17) is 16.3 Å². The summed E-state index contributed by atoms with van der Waals surface area (Å²) >= 11 is 5.95. The third-order valence-corrected chi connectivity index (χ3v) is 4.44. The van der Waals surface area contributed by atoms with E-state index in [1.165, 1.54) is 6.20 Å². The molecule has 0 aliphatic carbocycles. The number of amides is 2. The third-order valence-electron chi connectivity index (χ3n) is 4.15. The molecule has 2 amide bonds. The zero-order valence-electron chi connectivity index (χ0n) is 12.8. The van der Waals surface area contributed by atoms with Gasteiger partial charge >= 0.3 is 0 Å². The van der Waals surface area contributed by atoms with Gasteiger partial charge in [0.25, 0.3) is 5.91 Å². The zero-order chi connectivity index (χ0) is 16.2. The second-order valence-corrected chi connectivity index (χ2v) is 5.89. The van der Waals surface area contributed by atoms with Gasteiger partial charge in [0.1, 0.15) is 5.69 Å². The fourth-order valence-electron chi connectivity index (χ4n) is 2.79. The molecule has 1 aromatic rings. The van der Waals surface area contributed by atoms with Gasteiger partial charge in [-0.2, -0.15) is 5.10 Å². The molecule has 122 valence electrons.